The highest BCUT2D eigenvalue weighted by Crippen LogP contribution is 2.42. The minimum atomic E-state index is -0.138. The molecular formula is C48H47N2O2+. The van der Waals surface area contributed by atoms with Crippen LogP contribution in [-0.4, -0.2) is 27.2 Å². The van der Waals surface area contributed by atoms with E-state index >= 15 is 0 Å². The summed E-state index contributed by atoms with van der Waals surface area (Å²) in [5.41, 5.74) is 14.0. The number of aliphatic hydroxyl groups excluding tert-OH is 1. The third kappa shape index (κ3) is 6.57. The molecule has 0 heterocycles. The minimum Gasteiger partial charge on any atom is -0.506 e. The molecule has 2 atom stereocenters. The number of Topliss-reactive ketones (excluding diaryl/α,β-unsaturated/α-hetero) is 1. The van der Waals surface area contributed by atoms with Crippen LogP contribution in [0.4, 0.5) is 17.1 Å². The molecule has 3 aliphatic rings. The minimum absolute atomic E-state index is 0.0492. The Kier molecular flexibility index (Phi) is 9.66. The molecule has 260 valence electrons. The maximum atomic E-state index is 13.7. The maximum absolute atomic E-state index is 13.7. The second-order valence-electron chi connectivity index (χ2n) is 14.3. The Morgan fingerprint density at radius 1 is 0.750 bits per heavy atom. The normalized spacial score (nSPS) is 16.5. The van der Waals surface area contributed by atoms with Gasteiger partial charge in [-0.3, -0.25) is 4.79 Å². The molecule has 4 aromatic rings. The van der Waals surface area contributed by atoms with Gasteiger partial charge in [-0.2, -0.15) is 4.58 Å². The fraction of sp³-hybridized carbons (Fsp3) is 0.208. The van der Waals surface area contributed by atoms with E-state index in [2.05, 4.69) is 154 Å². The number of carbonyl (C=O) groups is 1. The van der Waals surface area contributed by atoms with E-state index in [1.165, 1.54) is 33.4 Å². The van der Waals surface area contributed by atoms with Gasteiger partial charge in [0.1, 0.15) is 5.76 Å². The molecule has 0 radical (unpaired) electrons. The van der Waals surface area contributed by atoms with Crippen molar-refractivity contribution >= 4 is 34.1 Å². The third-order valence-corrected chi connectivity index (χ3v) is 10.7. The van der Waals surface area contributed by atoms with Gasteiger partial charge in [-0.05, 0) is 112 Å². The molecule has 4 nitrogen and oxygen atoms in total. The molecule has 0 amide bonds. The van der Waals surface area contributed by atoms with Crippen LogP contribution in [0, 0.1) is 27.7 Å². The number of benzene rings is 4. The van der Waals surface area contributed by atoms with Crippen molar-refractivity contribution in [3.63, 3.8) is 0 Å². The summed E-state index contributed by atoms with van der Waals surface area (Å²) in [7, 11) is 0. The lowest BCUT2D eigenvalue weighted by Gasteiger charge is -2.33. The SMILES string of the molecule is Cc1ccc(N(c2ccc(C3=C(O)C(=C4C=CC(=[N+](c5ccc(C)cc5C)C(C)C5=CC=CCC5)C=C4)C3=O)cc2)C(C)c2ccccc2)c(C)c1. The molecule has 0 aromatic heterocycles. The Morgan fingerprint density at radius 2 is 1.42 bits per heavy atom. The van der Waals surface area contributed by atoms with Crippen LogP contribution >= 0.6 is 0 Å². The predicted octanol–water partition coefficient (Wildman–Crippen LogP) is 11.5. The largest absolute Gasteiger partial charge is 0.506 e. The van der Waals surface area contributed by atoms with Crippen molar-refractivity contribution in [3.8, 4) is 0 Å². The lowest BCUT2D eigenvalue weighted by molar-refractivity contribution is -0.469. The van der Waals surface area contributed by atoms with E-state index in [0.29, 0.717) is 16.7 Å². The molecular weight excluding hydrogens is 637 g/mol. The van der Waals surface area contributed by atoms with Crippen molar-refractivity contribution in [2.24, 2.45) is 0 Å². The zero-order chi connectivity index (χ0) is 36.5. The van der Waals surface area contributed by atoms with Gasteiger partial charge in [0, 0.05) is 42.1 Å². The van der Waals surface area contributed by atoms with Crippen LogP contribution in [0.3, 0.4) is 0 Å². The molecule has 0 aliphatic heterocycles. The third-order valence-electron chi connectivity index (χ3n) is 10.7. The van der Waals surface area contributed by atoms with Crippen molar-refractivity contribution in [2.45, 2.75) is 66.5 Å². The fourth-order valence-electron chi connectivity index (χ4n) is 7.83. The maximum Gasteiger partial charge on any atom is 0.209 e. The number of anilines is 2. The van der Waals surface area contributed by atoms with Crippen LogP contribution in [0.2, 0.25) is 0 Å². The smallest absolute Gasteiger partial charge is 0.209 e. The van der Waals surface area contributed by atoms with Crippen LogP contribution < -0.4 is 4.90 Å². The number of rotatable bonds is 8. The Balaban J connectivity index is 1.21. The number of aliphatic hydroxyl groups is 1. The van der Waals surface area contributed by atoms with Gasteiger partial charge in [0.15, 0.2) is 6.04 Å². The summed E-state index contributed by atoms with van der Waals surface area (Å²) in [4.78, 5) is 16.1. The first kappa shape index (κ1) is 34.7. The van der Waals surface area contributed by atoms with E-state index in [0.717, 1.165) is 41.2 Å². The van der Waals surface area contributed by atoms with Gasteiger partial charge in [0.25, 0.3) is 0 Å². The van der Waals surface area contributed by atoms with Crippen molar-refractivity contribution < 1.29 is 14.5 Å². The van der Waals surface area contributed by atoms with Gasteiger partial charge in [-0.15, -0.1) is 0 Å². The molecule has 1 N–H and O–H groups in total. The quantitative estimate of drug-likeness (QED) is 0.148. The summed E-state index contributed by atoms with van der Waals surface area (Å²) in [6, 6.07) is 31.8. The van der Waals surface area contributed by atoms with Crippen LogP contribution in [0.1, 0.15) is 66.1 Å². The van der Waals surface area contributed by atoms with Crippen molar-refractivity contribution in [3.05, 3.63) is 189 Å². The number of carbonyl (C=O) groups excluding carboxylic acids is 1. The summed E-state index contributed by atoms with van der Waals surface area (Å²) in [5.74, 6) is -0.0891. The molecule has 4 aromatic carbocycles. The number of hydrogen-bond acceptors (Lipinski definition) is 3. The lowest BCUT2D eigenvalue weighted by atomic mass is 9.80. The standard InChI is InChI=1S/C48H46N2O2/c1-31-17-27-43(33(3)29-31)49(35(5)37-13-9-7-10-14-37)41-23-19-39(20-24-41)45-47(51)46(48(45)52)40-21-25-42(26-22-40)50(36(6)38-15-11-8-12-16-38)44-28-18-32(2)30-34(44)4/h7-11,13-15,17-30,35-36H,12,16H2,1-6H3/p+1. The van der Waals surface area contributed by atoms with E-state index in [1.807, 2.05) is 30.4 Å². The summed E-state index contributed by atoms with van der Waals surface area (Å²) in [5, 5.41) is 11.4. The van der Waals surface area contributed by atoms with E-state index in [9.17, 15) is 9.90 Å². The molecule has 4 heteroatoms. The Morgan fingerprint density at radius 3 is 2.04 bits per heavy atom. The first-order valence-electron chi connectivity index (χ1n) is 18.3. The average Bonchev–Trinajstić information content (AvgIpc) is 3.15. The molecule has 0 bridgehead atoms. The van der Waals surface area contributed by atoms with Crippen molar-refractivity contribution in [2.75, 3.05) is 4.90 Å². The molecule has 0 saturated heterocycles. The summed E-state index contributed by atoms with van der Waals surface area (Å²) in [6.07, 6.45) is 16.8. The second kappa shape index (κ2) is 14.5. The fourth-order valence-corrected chi connectivity index (χ4v) is 7.83. The van der Waals surface area contributed by atoms with Crippen molar-refractivity contribution in [1.29, 1.82) is 0 Å². The molecule has 0 spiro atoms. The van der Waals surface area contributed by atoms with Crippen LogP contribution in [0.25, 0.3) is 5.57 Å². The molecule has 0 fully saturated rings. The summed E-state index contributed by atoms with van der Waals surface area (Å²) in [6.45, 7) is 13.0. The monoisotopic (exact) mass is 683 g/mol. The highest BCUT2D eigenvalue weighted by Gasteiger charge is 2.37. The van der Waals surface area contributed by atoms with E-state index in [-0.39, 0.29) is 23.6 Å². The highest BCUT2D eigenvalue weighted by molar-refractivity contribution is 6.39. The predicted molar refractivity (Wildman–Crippen MR) is 216 cm³/mol. The Hall–Kier alpha value is -5.74. The topological polar surface area (TPSA) is 43.5 Å². The van der Waals surface area contributed by atoms with E-state index < -0.39 is 0 Å². The van der Waals surface area contributed by atoms with Crippen LogP contribution in [-0.2, 0) is 4.79 Å². The van der Waals surface area contributed by atoms with Gasteiger partial charge in [0.2, 0.25) is 17.2 Å². The zero-order valence-electron chi connectivity index (χ0n) is 31.0. The number of hydrogen-bond donors (Lipinski definition) is 1. The number of nitrogens with zero attached hydrogens (tertiary/aromatic N) is 2. The first-order valence-corrected chi connectivity index (χ1v) is 18.3. The van der Waals surface area contributed by atoms with Crippen LogP contribution in [0.5, 0.6) is 0 Å². The molecule has 0 saturated carbocycles. The van der Waals surface area contributed by atoms with E-state index in [4.69, 9.17) is 0 Å². The Labute approximate surface area is 308 Å². The Bertz CT molecular complexity index is 2260. The highest BCUT2D eigenvalue weighted by atomic mass is 16.3. The van der Waals surface area contributed by atoms with Crippen LogP contribution in [0.15, 0.2) is 156 Å². The summed E-state index contributed by atoms with van der Waals surface area (Å²) >= 11 is 0. The zero-order valence-corrected chi connectivity index (χ0v) is 31.0. The van der Waals surface area contributed by atoms with Gasteiger partial charge in [-0.1, -0.05) is 90.0 Å². The number of ketones is 1. The average molecular weight is 684 g/mol. The first-order chi connectivity index (χ1) is 25.1. The number of allylic oxidation sites excluding steroid dienone is 10. The second-order valence-corrected chi connectivity index (χ2v) is 14.3. The molecule has 2 unspecified atom stereocenters. The van der Waals surface area contributed by atoms with E-state index in [1.54, 1.807) is 0 Å². The van der Waals surface area contributed by atoms with Gasteiger partial charge in [-0.25, -0.2) is 0 Å². The van der Waals surface area contributed by atoms with Gasteiger partial charge >= 0.3 is 0 Å². The molecule has 7 rings (SSSR count). The van der Waals surface area contributed by atoms with Gasteiger partial charge in [0.05, 0.1) is 17.2 Å². The summed E-state index contributed by atoms with van der Waals surface area (Å²) < 4.78 is 2.39. The van der Waals surface area contributed by atoms with Crippen molar-refractivity contribution in [1.82, 2.24) is 0 Å². The number of aryl methyl sites for hydroxylation is 4. The lowest BCUT2D eigenvalue weighted by Crippen LogP contribution is -2.28. The molecule has 52 heavy (non-hydrogen) atoms. The molecule has 3 aliphatic carbocycles. The van der Waals surface area contributed by atoms with Gasteiger partial charge < -0.3 is 10.0 Å².